The third kappa shape index (κ3) is 3.71. The van der Waals surface area contributed by atoms with Crippen LogP contribution in [0.5, 0.6) is 0 Å². The number of aryl methyl sites for hydroxylation is 1. The highest BCUT2D eigenvalue weighted by atomic mass is 16.5. The topological polar surface area (TPSA) is 98.4 Å². The number of nitrogens with zero attached hydrogens (tertiary/aromatic N) is 3. The van der Waals surface area contributed by atoms with Crippen LogP contribution in [0.25, 0.3) is 11.4 Å². The average molecular weight is 380 g/mol. The van der Waals surface area contributed by atoms with E-state index in [1.807, 2.05) is 42.2 Å². The van der Waals surface area contributed by atoms with Crippen molar-refractivity contribution < 1.29 is 13.7 Å². The molecule has 2 aromatic heterocycles. The van der Waals surface area contributed by atoms with Crippen molar-refractivity contribution in [2.75, 3.05) is 13.1 Å². The largest absolute Gasteiger partial charge is 0.456 e. The van der Waals surface area contributed by atoms with E-state index in [1.54, 1.807) is 6.07 Å². The molecule has 7 nitrogen and oxygen atoms in total. The van der Waals surface area contributed by atoms with E-state index in [0.29, 0.717) is 37.1 Å². The van der Waals surface area contributed by atoms with Crippen LogP contribution in [0, 0.1) is 0 Å². The Bertz CT molecular complexity index is 937. The number of likely N-dealkylation sites (tertiary alicyclic amines) is 1. The third-order valence-corrected chi connectivity index (χ3v) is 5.24. The van der Waals surface area contributed by atoms with Crippen molar-refractivity contribution >= 4 is 5.91 Å². The zero-order chi connectivity index (χ0) is 19.5. The second kappa shape index (κ2) is 7.98. The molecule has 1 aliphatic heterocycles. The summed E-state index contributed by atoms with van der Waals surface area (Å²) in [5.41, 5.74) is 7.60. The Morgan fingerprint density at radius 3 is 2.57 bits per heavy atom. The molecule has 2 N–H and O–H groups in total. The van der Waals surface area contributed by atoms with Crippen molar-refractivity contribution in [3.63, 3.8) is 0 Å². The van der Waals surface area contributed by atoms with Gasteiger partial charge in [0, 0.05) is 37.5 Å². The van der Waals surface area contributed by atoms with Crippen LogP contribution in [0.15, 0.2) is 45.3 Å². The Morgan fingerprint density at radius 1 is 1.18 bits per heavy atom. The van der Waals surface area contributed by atoms with Crippen LogP contribution in [0.4, 0.5) is 0 Å². The smallest absolute Gasteiger partial charge is 0.289 e. The van der Waals surface area contributed by atoms with E-state index in [9.17, 15) is 4.79 Å². The summed E-state index contributed by atoms with van der Waals surface area (Å²) in [6, 6.07) is 11.5. The van der Waals surface area contributed by atoms with Crippen molar-refractivity contribution in [2.45, 2.75) is 38.6 Å². The highest BCUT2D eigenvalue weighted by Crippen LogP contribution is 2.29. The average Bonchev–Trinajstić information content (AvgIpc) is 3.43. The van der Waals surface area contributed by atoms with Gasteiger partial charge in [0.2, 0.25) is 11.7 Å². The minimum atomic E-state index is -0.0515. The van der Waals surface area contributed by atoms with Crippen molar-refractivity contribution in [3.8, 4) is 11.4 Å². The van der Waals surface area contributed by atoms with E-state index in [1.165, 1.54) is 0 Å². The molecule has 0 unspecified atom stereocenters. The number of piperidine rings is 1. The molecule has 28 heavy (non-hydrogen) atoms. The first kappa shape index (κ1) is 18.4. The maximum Gasteiger partial charge on any atom is 0.289 e. The maximum atomic E-state index is 12.6. The molecule has 0 saturated carbocycles. The number of benzene rings is 1. The highest BCUT2D eigenvalue weighted by molar-refractivity contribution is 5.91. The van der Waals surface area contributed by atoms with Gasteiger partial charge in [-0.05, 0) is 30.5 Å². The molecule has 1 fully saturated rings. The fourth-order valence-corrected chi connectivity index (χ4v) is 3.48. The molecule has 0 aliphatic carbocycles. The molecule has 3 aromatic rings. The Morgan fingerprint density at radius 2 is 1.93 bits per heavy atom. The first-order valence-electron chi connectivity index (χ1n) is 9.69. The van der Waals surface area contributed by atoms with E-state index in [0.717, 1.165) is 36.1 Å². The first-order chi connectivity index (χ1) is 13.7. The molecule has 7 heteroatoms. The minimum absolute atomic E-state index is 0.0515. The SMILES string of the molecule is CCc1ccc(C(=O)N2CCC(c3nc(-c4ccc(CN)cc4)no3)CC2)o1. The van der Waals surface area contributed by atoms with Gasteiger partial charge in [0.15, 0.2) is 5.76 Å². The molecule has 0 radical (unpaired) electrons. The molecule has 0 spiro atoms. The highest BCUT2D eigenvalue weighted by Gasteiger charge is 2.29. The van der Waals surface area contributed by atoms with Crippen molar-refractivity contribution in [1.82, 2.24) is 15.0 Å². The molecule has 1 amide bonds. The molecule has 1 aromatic carbocycles. The quantitative estimate of drug-likeness (QED) is 0.729. The summed E-state index contributed by atoms with van der Waals surface area (Å²) >= 11 is 0. The second-order valence-corrected chi connectivity index (χ2v) is 7.04. The van der Waals surface area contributed by atoms with E-state index < -0.39 is 0 Å². The van der Waals surface area contributed by atoms with E-state index >= 15 is 0 Å². The summed E-state index contributed by atoms with van der Waals surface area (Å²) in [4.78, 5) is 19.0. The Kier molecular flexibility index (Phi) is 5.25. The normalized spacial score (nSPS) is 15.1. The number of rotatable bonds is 5. The lowest BCUT2D eigenvalue weighted by Gasteiger charge is -2.29. The van der Waals surface area contributed by atoms with Crippen LogP contribution in [0.2, 0.25) is 0 Å². The number of carbonyl (C=O) groups excluding carboxylic acids is 1. The van der Waals surface area contributed by atoms with Gasteiger partial charge in [-0.15, -0.1) is 0 Å². The van der Waals surface area contributed by atoms with Gasteiger partial charge >= 0.3 is 0 Å². The molecule has 4 rings (SSSR count). The van der Waals surface area contributed by atoms with Gasteiger partial charge < -0.3 is 19.6 Å². The first-order valence-corrected chi connectivity index (χ1v) is 9.69. The summed E-state index contributed by atoms with van der Waals surface area (Å²) in [6.45, 7) is 3.81. The summed E-state index contributed by atoms with van der Waals surface area (Å²) in [5, 5.41) is 4.12. The Hall–Kier alpha value is -2.93. The van der Waals surface area contributed by atoms with Gasteiger partial charge in [0.1, 0.15) is 5.76 Å². The van der Waals surface area contributed by atoms with Crippen molar-refractivity contribution in [2.24, 2.45) is 5.73 Å². The van der Waals surface area contributed by atoms with Crippen LogP contribution in [-0.2, 0) is 13.0 Å². The van der Waals surface area contributed by atoms with E-state index in [4.69, 9.17) is 14.7 Å². The lowest BCUT2D eigenvalue weighted by molar-refractivity contribution is 0.0670. The molecule has 0 atom stereocenters. The summed E-state index contributed by atoms with van der Waals surface area (Å²) < 4.78 is 11.1. The fraction of sp³-hybridized carbons (Fsp3) is 0.381. The third-order valence-electron chi connectivity index (χ3n) is 5.24. The van der Waals surface area contributed by atoms with Gasteiger partial charge in [-0.2, -0.15) is 4.98 Å². The zero-order valence-corrected chi connectivity index (χ0v) is 15.9. The van der Waals surface area contributed by atoms with Crippen LogP contribution < -0.4 is 5.73 Å². The molecule has 1 aliphatic rings. The minimum Gasteiger partial charge on any atom is -0.456 e. The lowest BCUT2D eigenvalue weighted by atomic mass is 9.96. The molecule has 1 saturated heterocycles. The van der Waals surface area contributed by atoms with E-state index in [-0.39, 0.29) is 11.8 Å². The fourth-order valence-electron chi connectivity index (χ4n) is 3.48. The van der Waals surface area contributed by atoms with Crippen molar-refractivity contribution in [1.29, 1.82) is 0 Å². The predicted octanol–water partition coefficient (Wildman–Crippen LogP) is 3.37. The monoisotopic (exact) mass is 380 g/mol. The lowest BCUT2D eigenvalue weighted by Crippen LogP contribution is -2.37. The number of amides is 1. The van der Waals surface area contributed by atoms with Gasteiger partial charge in [0.25, 0.3) is 5.91 Å². The number of hydrogen-bond donors (Lipinski definition) is 1. The molecule has 146 valence electrons. The zero-order valence-electron chi connectivity index (χ0n) is 15.9. The number of furan rings is 1. The summed E-state index contributed by atoms with van der Waals surface area (Å²) in [7, 11) is 0. The Balaban J connectivity index is 1.38. The number of carbonyl (C=O) groups is 1. The number of hydrogen-bond acceptors (Lipinski definition) is 6. The number of aromatic nitrogens is 2. The van der Waals surface area contributed by atoms with Crippen LogP contribution in [0.3, 0.4) is 0 Å². The second-order valence-electron chi connectivity index (χ2n) is 7.04. The van der Waals surface area contributed by atoms with Crippen LogP contribution in [0.1, 0.15) is 53.5 Å². The van der Waals surface area contributed by atoms with Gasteiger partial charge in [-0.1, -0.05) is 36.3 Å². The Labute approximate surface area is 163 Å². The number of nitrogens with two attached hydrogens (primary N) is 1. The van der Waals surface area contributed by atoms with Crippen molar-refractivity contribution in [3.05, 3.63) is 59.4 Å². The van der Waals surface area contributed by atoms with Gasteiger partial charge in [-0.3, -0.25) is 4.79 Å². The van der Waals surface area contributed by atoms with Gasteiger partial charge in [0.05, 0.1) is 0 Å². The summed E-state index contributed by atoms with van der Waals surface area (Å²) in [5.74, 6) is 2.57. The van der Waals surface area contributed by atoms with Crippen LogP contribution >= 0.6 is 0 Å². The molecule has 3 heterocycles. The summed E-state index contributed by atoms with van der Waals surface area (Å²) in [6.07, 6.45) is 2.37. The standard InChI is InChI=1S/C21H24N4O3/c1-2-17-7-8-18(27-17)21(26)25-11-9-16(10-12-25)20-23-19(24-28-20)15-5-3-14(13-22)4-6-15/h3-8,16H,2,9-13,22H2,1H3. The van der Waals surface area contributed by atoms with Crippen LogP contribution in [-0.4, -0.2) is 34.0 Å². The van der Waals surface area contributed by atoms with Gasteiger partial charge in [-0.25, -0.2) is 0 Å². The van der Waals surface area contributed by atoms with E-state index in [2.05, 4.69) is 10.1 Å². The maximum absolute atomic E-state index is 12.6. The molecular weight excluding hydrogens is 356 g/mol. The molecule has 0 bridgehead atoms. The predicted molar refractivity (Wildman–Crippen MR) is 104 cm³/mol. The molecular formula is C21H24N4O3.